The lowest BCUT2D eigenvalue weighted by Gasteiger charge is -2.27. The van der Waals surface area contributed by atoms with Gasteiger partial charge in [-0.3, -0.25) is 0 Å². The maximum absolute atomic E-state index is 9.39. The van der Waals surface area contributed by atoms with Crippen LogP contribution in [0.1, 0.15) is 25.3 Å². The smallest absolute Gasteiger partial charge is 0.128 e. The Labute approximate surface area is 110 Å². The van der Waals surface area contributed by atoms with Crippen molar-refractivity contribution in [3.8, 4) is 5.75 Å². The highest BCUT2D eigenvalue weighted by Crippen LogP contribution is 2.31. The van der Waals surface area contributed by atoms with Gasteiger partial charge in [-0.1, -0.05) is 41.4 Å². The summed E-state index contributed by atoms with van der Waals surface area (Å²) in [5.74, 6) is 1.07. The molecule has 0 radical (unpaired) electrons. The van der Waals surface area contributed by atoms with Gasteiger partial charge in [0.2, 0.25) is 0 Å². The Balaban J connectivity index is 2.17. The normalized spacial score (nSPS) is 19.6. The second-order valence-corrected chi connectivity index (χ2v) is 5.27. The average Bonchev–Trinajstić information content (AvgIpc) is 2.35. The van der Waals surface area contributed by atoms with E-state index in [9.17, 15) is 5.11 Å². The second-order valence-electron chi connectivity index (χ2n) is 4.36. The number of aliphatic hydroxyl groups is 1. The number of benzene rings is 1. The van der Waals surface area contributed by atoms with E-state index in [0.717, 1.165) is 28.6 Å². The lowest BCUT2D eigenvalue weighted by atomic mass is 9.95. The van der Waals surface area contributed by atoms with Crippen LogP contribution in [0, 0.1) is 5.92 Å². The molecule has 0 aliphatic carbocycles. The van der Waals surface area contributed by atoms with E-state index < -0.39 is 0 Å². The molecule has 2 atom stereocenters. The number of hydrogen-bond donors (Lipinski definition) is 1. The van der Waals surface area contributed by atoms with Crippen molar-refractivity contribution in [2.45, 2.75) is 25.9 Å². The Morgan fingerprint density at radius 1 is 1.47 bits per heavy atom. The topological polar surface area (TPSA) is 29.5 Å². The summed E-state index contributed by atoms with van der Waals surface area (Å²) in [6, 6.07) is 6.01. The Hall–Kier alpha value is -0.800. The predicted octanol–water partition coefficient (Wildman–Crippen LogP) is 3.63. The molecule has 0 fully saturated rings. The van der Waals surface area contributed by atoms with E-state index >= 15 is 0 Å². The van der Waals surface area contributed by atoms with Gasteiger partial charge < -0.3 is 9.84 Å². The van der Waals surface area contributed by atoms with E-state index in [0.29, 0.717) is 0 Å². The van der Waals surface area contributed by atoms with Crippen LogP contribution >= 0.6 is 15.9 Å². The molecule has 1 aliphatic heterocycles. The summed E-state index contributed by atoms with van der Waals surface area (Å²) in [5, 5.41) is 9.39. The molecular weight excluding hydrogens is 280 g/mol. The van der Waals surface area contributed by atoms with Gasteiger partial charge in [-0.05, 0) is 24.6 Å². The van der Waals surface area contributed by atoms with Gasteiger partial charge in [0.15, 0.2) is 0 Å². The first-order valence-corrected chi connectivity index (χ1v) is 6.79. The quantitative estimate of drug-likeness (QED) is 0.919. The van der Waals surface area contributed by atoms with Gasteiger partial charge in [0, 0.05) is 22.6 Å². The number of fused-ring (bicyclic) bond motifs is 1. The maximum Gasteiger partial charge on any atom is 0.128 e. The second kappa shape index (κ2) is 5.69. The molecule has 1 aromatic rings. The fourth-order valence-corrected chi connectivity index (χ4v) is 2.46. The molecule has 17 heavy (non-hydrogen) atoms. The van der Waals surface area contributed by atoms with Crippen molar-refractivity contribution in [2.24, 2.45) is 5.92 Å². The van der Waals surface area contributed by atoms with E-state index in [2.05, 4.69) is 28.9 Å². The third-order valence-electron chi connectivity index (χ3n) is 3.06. The molecule has 0 amide bonds. The Bertz CT molecular complexity index is 415. The van der Waals surface area contributed by atoms with Gasteiger partial charge in [-0.2, -0.15) is 0 Å². The Morgan fingerprint density at radius 2 is 2.29 bits per heavy atom. The average molecular weight is 297 g/mol. The van der Waals surface area contributed by atoms with Gasteiger partial charge >= 0.3 is 0 Å². The van der Waals surface area contributed by atoms with E-state index in [-0.39, 0.29) is 18.6 Å². The first kappa shape index (κ1) is 12.7. The summed E-state index contributed by atoms with van der Waals surface area (Å²) in [6.45, 7) is 2.30. The van der Waals surface area contributed by atoms with E-state index in [1.54, 1.807) is 0 Å². The molecule has 2 rings (SSSR count). The number of hydrogen-bond acceptors (Lipinski definition) is 2. The van der Waals surface area contributed by atoms with Crippen LogP contribution in [0.15, 0.2) is 28.7 Å². The molecule has 0 saturated heterocycles. The molecule has 0 saturated carbocycles. The van der Waals surface area contributed by atoms with E-state index in [1.807, 2.05) is 24.3 Å². The highest BCUT2D eigenvalue weighted by atomic mass is 79.9. The fraction of sp³-hybridized carbons (Fsp3) is 0.429. The van der Waals surface area contributed by atoms with Crippen LogP contribution < -0.4 is 4.74 Å². The monoisotopic (exact) mass is 296 g/mol. The first-order chi connectivity index (χ1) is 8.24. The van der Waals surface area contributed by atoms with Gasteiger partial charge in [-0.25, -0.2) is 0 Å². The van der Waals surface area contributed by atoms with Crippen LogP contribution in [0.4, 0.5) is 0 Å². The van der Waals surface area contributed by atoms with Crippen LogP contribution in [0.5, 0.6) is 5.75 Å². The zero-order valence-corrected chi connectivity index (χ0v) is 11.5. The predicted molar refractivity (Wildman–Crippen MR) is 73.1 cm³/mol. The molecule has 0 aromatic heterocycles. The maximum atomic E-state index is 9.39. The molecule has 0 unspecified atom stereocenters. The van der Waals surface area contributed by atoms with Crippen LogP contribution in [0.3, 0.4) is 0 Å². The minimum atomic E-state index is -0.0123. The minimum absolute atomic E-state index is 0.0123. The van der Waals surface area contributed by atoms with Gasteiger partial charge in [0.1, 0.15) is 11.9 Å². The van der Waals surface area contributed by atoms with Crippen LogP contribution in [-0.4, -0.2) is 17.8 Å². The molecule has 0 spiro atoms. The lowest BCUT2D eigenvalue weighted by Crippen LogP contribution is -2.29. The van der Waals surface area contributed by atoms with Crippen LogP contribution in [0.25, 0.3) is 6.08 Å². The standard InChI is InChI=1S/C14H17BrO2/c1-2-3-11(9-16)13-7-5-10-4-6-12(15)8-14(10)17-13/h4-8,11,13,16H,2-3,9H2,1H3/t11-,13+/m0/s1. The molecule has 1 heterocycles. The van der Waals surface area contributed by atoms with Gasteiger partial charge in [0.05, 0.1) is 0 Å². The SMILES string of the molecule is CCC[C@@H](CO)[C@H]1C=Cc2ccc(Br)cc2O1. The number of ether oxygens (including phenoxy) is 1. The minimum Gasteiger partial charge on any atom is -0.485 e. The number of halogens is 1. The molecular formula is C14H17BrO2. The van der Waals surface area contributed by atoms with Crippen molar-refractivity contribution in [2.75, 3.05) is 6.61 Å². The van der Waals surface area contributed by atoms with Crippen molar-refractivity contribution in [1.82, 2.24) is 0 Å². The molecule has 92 valence electrons. The summed E-state index contributed by atoms with van der Waals surface area (Å²) in [7, 11) is 0. The van der Waals surface area contributed by atoms with Crippen molar-refractivity contribution in [3.63, 3.8) is 0 Å². The van der Waals surface area contributed by atoms with E-state index in [4.69, 9.17) is 4.74 Å². The van der Waals surface area contributed by atoms with Crippen LogP contribution in [0.2, 0.25) is 0 Å². The summed E-state index contributed by atoms with van der Waals surface area (Å²) < 4.78 is 6.96. The summed E-state index contributed by atoms with van der Waals surface area (Å²) in [6.07, 6.45) is 6.15. The summed E-state index contributed by atoms with van der Waals surface area (Å²) in [4.78, 5) is 0. The van der Waals surface area contributed by atoms with Gasteiger partial charge in [0.25, 0.3) is 0 Å². The van der Waals surface area contributed by atoms with Crippen molar-refractivity contribution in [1.29, 1.82) is 0 Å². The largest absolute Gasteiger partial charge is 0.485 e. The third-order valence-corrected chi connectivity index (χ3v) is 3.56. The molecule has 2 nitrogen and oxygen atoms in total. The molecule has 1 aliphatic rings. The molecule has 0 bridgehead atoms. The highest BCUT2D eigenvalue weighted by molar-refractivity contribution is 9.10. The van der Waals surface area contributed by atoms with Gasteiger partial charge in [-0.15, -0.1) is 0 Å². The molecule has 1 N–H and O–H groups in total. The highest BCUT2D eigenvalue weighted by Gasteiger charge is 2.23. The fourth-order valence-electron chi connectivity index (χ4n) is 2.12. The molecule has 1 aromatic carbocycles. The zero-order valence-electron chi connectivity index (χ0n) is 9.90. The summed E-state index contributed by atoms with van der Waals surface area (Å²) in [5.41, 5.74) is 1.10. The Morgan fingerprint density at radius 3 is 3.00 bits per heavy atom. The van der Waals surface area contributed by atoms with Crippen molar-refractivity contribution in [3.05, 3.63) is 34.3 Å². The number of rotatable bonds is 4. The van der Waals surface area contributed by atoms with Crippen molar-refractivity contribution >= 4 is 22.0 Å². The Kier molecular flexibility index (Phi) is 4.24. The lowest BCUT2D eigenvalue weighted by molar-refractivity contribution is 0.109. The zero-order chi connectivity index (χ0) is 12.3. The first-order valence-electron chi connectivity index (χ1n) is 6.00. The van der Waals surface area contributed by atoms with Crippen molar-refractivity contribution < 1.29 is 9.84 Å². The number of aliphatic hydroxyl groups excluding tert-OH is 1. The summed E-state index contributed by atoms with van der Waals surface area (Å²) >= 11 is 3.44. The third kappa shape index (κ3) is 2.90. The van der Waals surface area contributed by atoms with E-state index in [1.165, 1.54) is 0 Å². The van der Waals surface area contributed by atoms with Crippen LogP contribution in [-0.2, 0) is 0 Å². The molecule has 3 heteroatoms.